The Hall–Kier alpha value is -2.87. The van der Waals surface area contributed by atoms with E-state index in [0.29, 0.717) is 16.5 Å². The van der Waals surface area contributed by atoms with Gasteiger partial charge < -0.3 is 19.1 Å². The van der Waals surface area contributed by atoms with Crippen LogP contribution in [0.15, 0.2) is 40.9 Å². The van der Waals surface area contributed by atoms with Gasteiger partial charge in [0.25, 0.3) is 0 Å². The van der Waals surface area contributed by atoms with Crippen molar-refractivity contribution in [3.63, 3.8) is 0 Å². The van der Waals surface area contributed by atoms with Crippen LogP contribution in [0, 0.1) is 13.8 Å². The quantitative estimate of drug-likeness (QED) is 0.286. The highest BCUT2D eigenvalue weighted by Gasteiger charge is 2.36. The van der Waals surface area contributed by atoms with E-state index in [1.807, 2.05) is 24.8 Å². The number of amides is 1. The van der Waals surface area contributed by atoms with E-state index >= 15 is 0 Å². The molecular formula is C29H30Cl2N4O3. The summed E-state index contributed by atoms with van der Waals surface area (Å²) in [5.41, 5.74) is 5.45. The number of rotatable bonds is 4. The predicted molar refractivity (Wildman–Crippen MR) is 149 cm³/mol. The number of hydrogen-bond donors (Lipinski definition) is 1. The Bertz CT molecular complexity index is 1500. The second-order valence-electron chi connectivity index (χ2n) is 10.5. The molecule has 1 atom stereocenters. The van der Waals surface area contributed by atoms with Gasteiger partial charge in [-0.3, -0.25) is 4.79 Å². The maximum absolute atomic E-state index is 13.4. The molecule has 1 unspecified atom stereocenters. The molecule has 6 rings (SSSR count). The normalized spacial score (nSPS) is 22.4. The molecule has 1 amide bonds. The number of nitrogens with zero attached hydrogens (tertiary/aromatic N) is 4. The van der Waals surface area contributed by atoms with Crippen molar-refractivity contribution in [1.82, 2.24) is 14.7 Å². The zero-order chi connectivity index (χ0) is 26.6. The molecule has 2 aromatic heterocycles. The molecule has 9 heteroatoms. The van der Waals surface area contributed by atoms with Crippen LogP contribution in [0.25, 0.3) is 22.2 Å². The first kappa shape index (κ1) is 25.4. The van der Waals surface area contributed by atoms with Crippen LogP contribution < -0.4 is 4.90 Å². The zero-order valence-corrected chi connectivity index (χ0v) is 23.0. The van der Waals surface area contributed by atoms with Crippen molar-refractivity contribution in [2.45, 2.75) is 77.0 Å². The summed E-state index contributed by atoms with van der Waals surface area (Å²) in [6, 6.07) is 11.6. The lowest BCUT2D eigenvalue weighted by atomic mass is 9.92. The summed E-state index contributed by atoms with van der Waals surface area (Å²) in [7, 11) is 0. The summed E-state index contributed by atoms with van der Waals surface area (Å²) in [6.07, 6.45) is 5.02. The monoisotopic (exact) mass is 552 g/mol. The van der Waals surface area contributed by atoms with Crippen LogP contribution in [-0.4, -0.2) is 31.8 Å². The number of piperidine rings is 1. The van der Waals surface area contributed by atoms with Gasteiger partial charge in [-0.25, -0.2) is 4.98 Å². The van der Waals surface area contributed by atoms with Crippen molar-refractivity contribution in [2.24, 2.45) is 0 Å². The number of imidazole rings is 1. The van der Waals surface area contributed by atoms with E-state index < -0.39 is 0 Å². The first-order valence-electron chi connectivity index (χ1n) is 13.2. The van der Waals surface area contributed by atoms with Crippen molar-refractivity contribution >= 4 is 45.8 Å². The Balaban J connectivity index is 1.51. The van der Waals surface area contributed by atoms with E-state index in [-0.39, 0.29) is 24.1 Å². The van der Waals surface area contributed by atoms with Gasteiger partial charge in [0, 0.05) is 23.7 Å². The molecular weight excluding hydrogens is 523 g/mol. The summed E-state index contributed by atoms with van der Waals surface area (Å²) >= 11 is 12.6. The van der Waals surface area contributed by atoms with E-state index in [1.54, 1.807) is 12.1 Å². The number of carbonyl (C=O) groups excluding carboxylic acids is 1. The van der Waals surface area contributed by atoms with E-state index in [0.717, 1.165) is 83.7 Å². The van der Waals surface area contributed by atoms with Gasteiger partial charge in [0.2, 0.25) is 5.91 Å². The van der Waals surface area contributed by atoms with Crippen LogP contribution in [-0.2, 0) is 4.79 Å². The summed E-state index contributed by atoms with van der Waals surface area (Å²) in [5.74, 6) is 1.69. The lowest BCUT2D eigenvalue weighted by Gasteiger charge is -2.37. The summed E-state index contributed by atoms with van der Waals surface area (Å²) < 4.78 is 7.75. The first-order valence-corrected chi connectivity index (χ1v) is 14.0. The van der Waals surface area contributed by atoms with Crippen LogP contribution in [0.4, 0.5) is 5.69 Å². The number of aromatic nitrogens is 3. The zero-order valence-electron chi connectivity index (χ0n) is 21.5. The SMILES string of the molecule is Cc1noc(C)c1-c1ccc2c(c1)nc(C1CCCC(=O)N1c1ccc(Cl)c(Cl)c1)n2C1CCC(O)CC1. The molecule has 1 saturated carbocycles. The predicted octanol–water partition coefficient (Wildman–Crippen LogP) is 7.35. The first-order chi connectivity index (χ1) is 18.3. The minimum absolute atomic E-state index is 0.0497. The molecule has 4 aromatic rings. The average Bonchev–Trinajstić information content (AvgIpc) is 3.45. The van der Waals surface area contributed by atoms with E-state index in [9.17, 15) is 9.90 Å². The van der Waals surface area contributed by atoms with Crippen LogP contribution >= 0.6 is 23.2 Å². The van der Waals surface area contributed by atoms with Gasteiger partial charge in [-0.05, 0) is 88.3 Å². The number of halogens is 2. The van der Waals surface area contributed by atoms with Crippen molar-refractivity contribution in [3.05, 3.63) is 63.7 Å². The Morgan fingerprint density at radius 1 is 1.00 bits per heavy atom. The number of anilines is 1. The average molecular weight is 553 g/mol. The highest BCUT2D eigenvalue weighted by Crippen LogP contribution is 2.42. The minimum Gasteiger partial charge on any atom is -0.393 e. The Morgan fingerprint density at radius 3 is 2.50 bits per heavy atom. The number of aryl methyl sites for hydroxylation is 2. The molecule has 2 fully saturated rings. The van der Waals surface area contributed by atoms with E-state index in [2.05, 4.69) is 27.9 Å². The van der Waals surface area contributed by atoms with Gasteiger partial charge in [0.1, 0.15) is 11.6 Å². The highest BCUT2D eigenvalue weighted by atomic mass is 35.5. The third-order valence-corrected chi connectivity index (χ3v) is 8.74. The van der Waals surface area contributed by atoms with Gasteiger partial charge in [-0.15, -0.1) is 0 Å². The number of carbonyl (C=O) groups is 1. The van der Waals surface area contributed by atoms with Gasteiger partial charge in [-0.1, -0.05) is 34.4 Å². The van der Waals surface area contributed by atoms with Crippen molar-refractivity contribution in [1.29, 1.82) is 0 Å². The largest absolute Gasteiger partial charge is 0.393 e. The lowest BCUT2D eigenvalue weighted by Crippen LogP contribution is -2.40. The maximum atomic E-state index is 13.4. The van der Waals surface area contributed by atoms with Gasteiger partial charge in [-0.2, -0.15) is 0 Å². The standard InChI is InChI=1S/C29H30Cl2N4O3/c1-16-28(17(2)38-33-16)18-6-13-25-24(14-18)32-29(35(25)19-7-10-21(36)11-8-19)26-4-3-5-27(37)34(26)20-9-12-22(30)23(31)15-20/h6,9,12-15,19,21,26,36H,3-5,7-8,10-11H2,1-2H3. The Morgan fingerprint density at radius 2 is 1.79 bits per heavy atom. The smallest absolute Gasteiger partial charge is 0.227 e. The molecule has 1 aliphatic carbocycles. The summed E-state index contributed by atoms with van der Waals surface area (Å²) in [5, 5.41) is 15.2. The molecule has 3 heterocycles. The fraction of sp³-hybridized carbons (Fsp3) is 0.414. The molecule has 38 heavy (non-hydrogen) atoms. The molecule has 1 N–H and O–H groups in total. The number of fused-ring (bicyclic) bond motifs is 1. The van der Waals surface area contributed by atoms with Crippen LogP contribution in [0.5, 0.6) is 0 Å². The summed E-state index contributed by atoms with van der Waals surface area (Å²) in [6.45, 7) is 3.86. The third kappa shape index (κ3) is 4.40. The molecule has 1 saturated heterocycles. The van der Waals surface area contributed by atoms with Crippen molar-refractivity contribution < 1.29 is 14.4 Å². The van der Waals surface area contributed by atoms with Gasteiger partial charge in [0.05, 0.1) is 38.9 Å². The number of aliphatic hydroxyl groups is 1. The fourth-order valence-electron chi connectivity index (χ4n) is 6.18. The number of benzene rings is 2. The fourth-order valence-corrected chi connectivity index (χ4v) is 6.47. The van der Waals surface area contributed by atoms with Gasteiger partial charge >= 0.3 is 0 Å². The van der Waals surface area contributed by atoms with Gasteiger partial charge in [0.15, 0.2) is 0 Å². The molecule has 1 aliphatic heterocycles. The van der Waals surface area contributed by atoms with E-state index in [4.69, 9.17) is 32.7 Å². The van der Waals surface area contributed by atoms with Crippen LogP contribution in [0.3, 0.4) is 0 Å². The number of hydrogen-bond acceptors (Lipinski definition) is 5. The molecule has 2 aliphatic rings. The topological polar surface area (TPSA) is 84.4 Å². The molecule has 2 aromatic carbocycles. The minimum atomic E-state index is -0.264. The Labute approximate surface area is 231 Å². The molecule has 0 bridgehead atoms. The summed E-state index contributed by atoms with van der Waals surface area (Å²) in [4.78, 5) is 20.4. The molecule has 7 nitrogen and oxygen atoms in total. The molecule has 0 radical (unpaired) electrons. The van der Waals surface area contributed by atoms with Crippen molar-refractivity contribution in [2.75, 3.05) is 4.90 Å². The Kier molecular flexibility index (Phi) is 6.70. The molecule has 0 spiro atoms. The number of aliphatic hydroxyl groups excluding tert-OH is 1. The molecule has 198 valence electrons. The van der Waals surface area contributed by atoms with Crippen LogP contribution in [0.2, 0.25) is 10.0 Å². The second kappa shape index (κ2) is 10.0. The van der Waals surface area contributed by atoms with Crippen LogP contribution in [0.1, 0.15) is 74.3 Å². The maximum Gasteiger partial charge on any atom is 0.227 e. The highest BCUT2D eigenvalue weighted by molar-refractivity contribution is 6.42. The second-order valence-corrected chi connectivity index (χ2v) is 11.3. The lowest BCUT2D eigenvalue weighted by molar-refractivity contribution is -0.120. The van der Waals surface area contributed by atoms with Crippen molar-refractivity contribution in [3.8, 4) is 11.1 Å². The van der Waals surface area contributed by atoms with E-state index in [1.165, 1.54) is 0 Å². The third-order valence-electron chi connectivity index (χ3n) is 8.00.